The van der Waals surface area contributed by atoms with Gasteiger partial charge in [0.05, 0.1) is 0 Å². The molecule has 0 bridgehead atoms. The maximum absolute atomic E-state index is 13.0. The van der Waals surface area contributed by atoms with Gasteiger partial charge in [0, 0.05) is 37.8 Å². The van der Waals surface area contributed by atoms with Crippen molar-refractivity contribution in [1.29, 1.82) is 0 Å². The maximum Gasteiger partial charge on any atom is 0.138 e. The van der Waals surface area contributed by atoms with Crippen LogP contribution >= 0.6 is 0 Å². The highest BCUT2D eigenvalue weighted by Crippen LogP contribution is 2.40. The van der Waals surface area contributed by atoms with Gasteiger partial charge in [0.25, 0.3) is 0 Å². The van der Waals surface area contributed by atoms with E-state index >= 15 is 0 Å². The van der Waals surface area contributed by atoms with Crippen molar-refractivity contribution in [2.45, 2.75) is 103 Å². The predicted molar refractivity (Wildman–Crippen MR) is 127 cm³/mol. The van der Waals surface area contributed by atoms with Crippen LogP contribution in [0.3, 0.4) is 0 Å². The molecule has 2 saturated carbocycles. The second kappa shape index (κ2) is 10.7. The van der Waals surface area contributed by atoms with Crippen LogP contribution in [0.2, 0.25) is 0 Å². The number of benzene rings is 1. The molecule has 0 spiro atoms. The van der Waals surface area contributed by atoms with E-state index in [2.05, 4.69) is 46.8 Å². The molecule has 5 nitrogen and oxygen atoms in total. The van der Waals surface area contributed by atoms with Crippen LogP contribution in [0.15, 0.2) is 18.2 Å². The van der Waals surface area contributed by atoms with Crippen molar-refractivity contribution in [2.75, 3.05) is 6.61 Å². The lowest BCUT2D eigenvalue weighted by Gasteiger charge is -2.21. The molecular formula is C27H39N3O2. The Balaban J connectivity index is 1.46. The van der Waals surface area contributed by atoms with E-state index in [1.54, 1.807) is 0 Å². The molecule has 2 aromatic rings. The minimum Gasteiger partial charge on any atom is -0.396 e. The second-order valence-electron chi connectivity index (χ2n) is 10.2. The summed E-state index contributed by atoms with van der Waals surface area (Å²) in [4.78, 5) is 13.0. The zero-order valence-electron chi connectivity index (χ0n) is 19.9. The highest BCUT2D eigenvalue weighted by atomic mass is 16.3. The topological polar surface area (TPSA) is 68.0 Å². The lowest BCUT2D eigenvalue weighted by atomic mass is 9.86. The third-order valence-electron chi connectivity index (χ3n) is 7.41. The summed E-state index contributed by atoms with van der Waals surface area (Å²) in [6, 6.07) is 6.76. The van der Waals surface area contributed by atoms with Crippen molar-refractivity contribution >= 4 is 5.78 Å². The SMILES string of the molecule is Cc1ccc(CC(=O)C[C@H](CCO)c2nnc(CCC3CCCCC3)n2C2CC2)c(C)c1. The summed E-state index contributed by atoms with van der Waals surface area (Å²) in [5.41, 5.74) is 3.48. The fraction of sp³-hybridized carbons (Fsp3) is 0.667. The van der Waals surface area contributed by atoms with Crippen LogP contribution in [-0.4, -0.2) is 32.3 Å². The van der Waals surface area contributed by atoms with Crippen molar-refractivity contribution < 1.29 is 9.90 Å². The second-order valence-corrected chi connectivity index (χ2v) is 10.2. The number of hydrogen-bond donors (Lipinski definition) is 1. The lowest BCUT2D eigenvalue weighted by Crippen LogP contribution is -2.17. The van der Waals surface area contributed by atoms with E-state index in [0.717, 1.165) is 29.6 Å². The summed E-state index contributed by atoms with van der Waals surface area (Å²) in [6.07, 6.45) is 12.8. The molecular weight excluding hydrogens is 398 g/mol. The monoisotopic (exact) mass is 437 g/mol. The largest absolute Gasteiger partial charge is 0.396 e. The van der Waals surface area contributed by atoms with Crippen LogP contribution in [0, 0.1) is 19.8 Å². The van der Waals surface area contributed by atoms with Gasteiger partial charge in [-0.1, -0.05) is 55.9 Å². The van der Waals surface area contributed by atoms with Gasteiger partial charge in [-0.2, -0.15) is 0 Å². The first kappa shape index (κ1) is 23.2. The Kier molecular flexibility index (Phi) is 7.77. The van der Waals surface area contributed by atoms with E-state index in [1.807, 2.05) is 0 Å². The molecule has 32 heavy (non-hydrogen) atoms. The summed E-state index contributed by atoms with van der Waals surface area (Å²) in [5.74, 6) is 3.00. The minimum atomic E-state index is -0.0604. The first-order valence-corrected chi connectivity index (χ1v) is 12.7. The van der Waals surface area contributed by atoms with Crippen LogP contribution in [0.5, 0.6) is 0 Å². The van der Waals surface area contributed by atoms with Gasteiger partial charge in [0.1, 0.15) is 17.4 Å². The molecule has 2 fully saturated rings. The van der Waals surface area contributed by atoms with Crippen LogP contribution < -0.4 is 0 Å². The Morgan fingerprint density at radius 2 is 1.91 bits per heavy atom. The minimum absolute atomic E-state index is 0.0604. The predicted octanol–water partition coefficient (Wildman–Crippen LogP) is 5.41. The van der Waals surface area contributed by atoms with Crippen molar-refractivity contribution in [3.05, 3.63) is 46.5 Å². The molecule has 0 unspecified atom stereocenters. The highest BCUT2D eigenvalue weighted by Gasteiger charge is 2.33. The number of ketones is 1. The summed E-state index contributed by atoms with van der Waals surface area (Å²) >= 11 is 0. The molecule has 0 saturated heterocycles. The van der Waals surface area contributed by atoms with Crippen LogP contribution in [-0.2, 0) is 17.6 Å². The van der Waals surface area contributed by atoms with Gasteiger partial charge < -0.3 is 9.67 Å². The van der Waals surface area contributed by atoms with Crippen LogP contribution in [0.25, 0.3) is 0 Å². The van der Waals surface area contributed by atoms with Crippen molar-refractivity contribution in [3.63, 3.8) is 0 Å². The molecule has 1 N–H and O–H groups in total. The van der Waals surface area contributed by atoms with Gasteiger partial charge in [-0.05, 0) is 56.6 Å². The fourth-order valence-corrected chi connectivity index (χ4v) is 5.41. The molecule has 1 aromatic carbocycles. The first-order chi connectivity index (χ1) is 15.5. The van der Waals surface area contributed by atoms with E-state index in [1.165, 1.54) is 62.5 Å². The van der Waals surface area contributed by atoms with Crippen LogP contribution in [0.1, 0.15) is 105 Å². The molecule has 2 aliphatic rings. The first-order valence-electron chi connectivity index (χ1n) is 12.7. The number of carbonyl (C=O) groups is 1. The van der Waals surface area contributed by atoms with E-state index in [0.29, 0.717) is 25.3 Å². The Labute approximate surface area is 192 Å². The number of aromatic nitrogens is 3. The fourth-order valence-electron chi connectivity index (χ4n) is 5.41. The number of nitrogens with zero attached hydrogens (tertiary/aromatic N) is 3. The smallest absolute Gasteiger partial charge is 0.138 e. The molecule has 1 heterocycles. The summed E-state index contributed by atoms with van der Waals surface area (Å²) in [6.45, 7) is 4.21. The third kappa shape index (κ3) is 5.86. The Morgan fingerprint density at radius 1 is 1.12 bits per heavy atom. The number of rotatable bonds is 11. The molecule has 0 aliphatic heterocycles. The number of aliphatic hydroxyl groups is 1. The van der Waals surface area contributed by atoms with Gasteiger partial charge in [0.2, 0.25) is 0 Å². The molecule has 0 radical (unpaired) electrons. The summed E-state index contributed by atoms with van der Waals surface area (Å²) in [7, 11) is 0. The van der Waals surface area contributed by atoms with E-state index in [4.69, 9.17) is 0 Å². The van der Waals surface area contributed by atoms with E-state index < -0.39 is 0 Å². The lowest BCUT2D eigenvalue weighted by molar-refractivity contribution is -0.118. The average Bonchev–Trinajstić information content (AvgIpc) is 3.53. The zero-order valence-corrected chi connectivity index (χ0v) is 19.9. The van der Waals surface area contributed by atoms with Gasteiger partial charge in [0.15, 0.2) is 0 Å². The quantitative estimate of drug-likeness (QED) is 0.510. The van der Waals surface area contributed by atoms with Gasteiger partial charge in [-0.15, -0.1) is 10.2 Å². The molecule has 1 aromatic heterocycles. The summed E-state index contributed by atoms with van der Waals surface area (Å²) in [5, 5.41) is 18.9. The number of aliphatic hydroxyl groups excluding tert-OH is 1. The van der Waals surface area contributed by atoms with E-state index in [-0.39, 0.29) is 18.3 Å². The molecule has 5 heteroatoms. The molecule has 1 atom stereocenters. The standard InChI is InChI=1S/C27H39N3O2/c1-19-8-10-22(20(2)16-19)17-25(32)18-23(14-15-31)27-29-28-26(30(27)24-11-12-24)13-9-21-6-4-3-5-7-21/h8,10,16,21,23-24,31H,3-7,9,11-15,17-18H2,1-2H3/t23-/m0/s1. The number of Topliss-reactive ketones (excluding diaryl/α,β-unsaturated/α-hetero) is 1. The molecule has 174 valence electrons. The van der Waals surface area contributed by atoms with Gasteiger partial charge in [-0.3, -0.25) is 4.79 Å². The Hall–Kier alpha value is -2.01. The molecule has 0 amide bonds. The van der Waals surface area contributed by atoms with Gasteiger partial charge in [-0.25, -0.2) is 0 Å². The Morgan fingerprint density at radius 3 is 2.59 bits per heavy atom. The van der Waals surface area contributed by atoms with Crippen LogP contribution in [0.4, 0.5) is 0 Å². The van der Waals surface area contributed by atoms with E-state index in [9.17, 15) is 9.90 Å². The average molecular weight is 438 g/mol. The zero-order chi connectivity index (χ0) is 22.5. The normalized spacial score (nSPS) is 18.1. The molecule has 4 rings (SSSR count). The van der Waals surface area contributed by atoms with Crippen molar-refractivity contribution in [1.82, 2.24) is 14.8 Å². The maximum atomic E-state index is 13.0. The third-order valence-corrected chi connectivity index (χ3v) is 7.41. The number of aryl methyl sites for hydroxylation is 3. The summed E-state index contributed by atoms with van der Waals surface area (Å²) < 4.78 is 2.34. The highest BCUT2D eigenvalue weighted by molar-refractivity contribution is 5.82. The molecule has 2 aliphatic carbocycles. The number of carbonyl (C=O) groups excluding carboxylic acids is 1. The van der Waals surface area contributed by atoms with Gasteiger partial charge >= 0.3 is 0 Å². The van der Waals surface area contributed by atoms with Crippen molar-refractivity contribution in [2.24, 2.45) is 5.92 Å². The number of hydrogen-bond acceptors (Lipinski definition) is 4. The van der Waals surface area contributed by atoms with Crippen molar-refractivity contribution in [3.8, 4) is 0 Å². The Bertz CT molecular complexity index is 910.